The van der Waals surface area contributed by atoms with Crippen LogP contribution in [0.1, 0.15) is 23.0 Å². The molecule has 0 aliphatic carbocycles. The summed E-state index contributed by atoms with van der Waals surface area (Å²) in [5, 5.41) is 4.34. The molecule has 0 aliphatic rings. The van der Waals surface area contributed by atoms with Gasteiger partial charge in [-0.2, -0.15) is 5.10 Å². The lowest BCUT2D eigenvalue weighted by Crippen LogP contribution is -2.16. The zero-order valence-electron chi connectivity index (χ0n) is 12.4. The number of ether oxygens (including phenoxy) is 2. The van der Waals surface area contributed by atoms with Gasteiger partial charge in [0, 0.05) is 30.8 Å². The molecule has 0 aliphatic heterocycles. The summed E-state index contributed by atoms with van der Waals surface area (Å²) in [5.74, 6) is 1.39. The first kappa shape index (κ1) is 14.4. The maximum atomic E-state index is 6.33. The van der Waals surface area contributed by atoms with Gasteiger partial charge in [0.2, 0.25) is 0 Å². The molecule has 108 valence electrons. The zero-order chi connectivity index (χ0) is 14.7. The molecular weight excluding hydrogens is 254 g/mol. The van der Waals surface area contributed by atoms with Gasteiger partial charge in [0.15, 0.2) is 11.5 Å². The van der Waals surface area contributed by atoms with Crippen LogP contribution in [0, 0.1) is 6.92 Å². The van der Waals surface area contributed by atoms with Crippen molar-refractivity contribution in [2.75, 3.05) is 14.2 Å². The van der Waals surface area contributed by atoms with E-state index in [0.717, 1.165) is 17.0 Å². The molecule has 5 heteroatoms. The number of nitrogens with two attached hydrogens (primary N) is 1. The highest BCUT2D eigenvalue weighted by molar-refractivity contribution is 5.48. The molecule has 1 aromatic heterocycles. The number of rotatable bonds is 5. The Morgan fingerprint density at radius 3 is 2.60 bits per heavy atom. The minimum Gasteiger partial charge on any atom is -0.493 e. The molecule has 2 N–H and O–H groups in total. The summed E-state index contributed by atoms with van der Waals surface area (Å²) in [5.41, 5.74) is 9.35. The SMILES string of the molecule is COc1cccc(C(N)Cc2cc(C)nn2C)c1OC. The van der Waals surface area contributed by atoms with Crippen LogP contribution in [0.15, 0.2) is 24.3 Å². The summed E-state index contributed by atoms with van der Waals surface area (Å²) in [6.45, 7) is 1.97. The Labute approximate surface area is 119 Å². The second-order valence-corrected chi connectivity index (χ2v) is 4.79. The highest BCUT2D eigenvalue weighted by Gasteiger charge is 2.17. The third-order valence-electron chi connectivity index (χ3n) is 3.36. The first-order valence-corrected chi connectivity index (χ1v) is 6.52. The lowest BCUT2D eigenvalue weighted by molar-refractivity contribution is 0.349. The molecule has 1 aromatic carbocycles. The van der Waals surface area contributed by atoms with Crippen LogP contribution in [0.25, 0.3) is 0 Å². The second kappa shape index (κ2) is 5.96. The van der Waals surface area contributed by atoms with Gasteiger partial charge >= 0.3 is 0 Å². The summed E-state index contributed by atoms with van der Waals surface area (Å²) in [6.07, 6.45) is 0.695. The van der Waals surface area contributed by atoms with E-state index >= 15 is 0 Å². The number of benzene rings is 1. The number of para-hydroxylation sites is 1. The van der Waals surface area contributed by atoms with Gasteiger partial charge in [-0.25, -0.2) is 0 Å². The van der Waals surface area contributed by atoms with Crippen molar-refractivity contribution in [2.45, 2.75) is 19.4 Å². The van der Waals surface area contributed by atoms with Gasteiger partial charge in [-0.1, -0.05) is 12.1 Å². The fraction of sp³-hybridized carbons (Fsp3) is 0.400. The Balaban J connectivity index is 2.29. The van der Waals surface area contributed by atoms with Gasteiger partial charge in [0.25, 0.3) is 0 Å². The molecule has 0 bridgehead atoms. The highest BCUT2D eigenvalue weighted by Crippen LogP contribution is 2.34. The molecular formula is C15H21N3O2. The van der Waals surface area contributed by atoms with Crippen molar-refractivity contribution >= 4 is 0 Å². The topological polar surface area (TPSA) is 62.3 Å². The maximum absolute atomic E-state index is 6.33. The maximum Gasteiger partial charge on any atom is 0.165 e. The Hall–Kier alpha value is -2.01. The molecule has 20 heavy (non-hydrogen) atoms. The molecule has 5 nitrogen and oxygen atoms in total. The van der Waals surface area contributed by atoms with Crippen LogP contribution < -0.4 is 15.2 Å². The van der Waals surface area contributed by atoms with E-state index in [9.17, 15) is 0 Å². The van der Waals surface area contributed by atoms with Gasteiger partial charge in [-0.05, 0) is 19.1 Å². The van der Waals surface area contributed by atoms with Crippen molar-refractivity contribution in [3.63, 3.8) is 0 Å². The van der Waals surface area contributed by atoms with Crippen molar-refractivity contribution in [1.82, 2.24) is 9.78 Å². The minimum atomic E-state index is -0.171. The standard InChI is InChI=1S/C15H21N3O2/c1-10-8-11(18(2)17-10)9-13(16)12-6-5-7-14(19-3)15(12)20-4/h5-8,13H,9,16H2,1-4H3. The van der Waals surface area contributed by atoms with E-state index in [4.69, 9.17) is 15.2 Å². The monoisotopic (exact) mass is 275 g/mol. The average molecular weight is 275 g/mol. The first-order chi connectivity index (χ1) is 9.56. The van der Waals surface area contributed by atoms with Crippen molar-refractivity contribution in [1.29, 1.82) is 0 Å². The smallest absolute Gasteiger partial charge is 0.165 e. The molecule has 0 saturated heterocycles. The number of methoxy groups -OCH3 is 2. The third kappa shape index (κ3) is 2.77. The highest BCUT2D eigenvalue weighted by atomic mass is 16.5. The Morgan fingerprint density at radius 2 is 2.05 bits per heavy atom. The average Bonchev–Trinajstić information content (AvgIpc) is 2.75. The Kier molecular flexibility index (Phi) is 4.29. The van der Waals surface area contributed by atoms with E-state index in [-0.39, 0.29) is 6.04 Å². The van der Waals surface area contributed by atoms with Crippen molar-refractivity contribution in [3.8, 4) is 11.5 Å². The molecule has 1 heterocycles. The third-order valence-corrected chi connectivity index (χ3v) is 3.36. The van der Waals surface area contributed by atoms with Crippen LogP contribution in [0.2, 0.25) is 0 Å². The van der Waals surface area contributed by atoms with Gasteiger partial charge in [-0.3, -0.25) is 4.68 Å². The lowest BCUT2D eigenvalue weighted by Gasteiger charge is -2.17. The summed E-state index contributed by atoms with van der Waals surface area (Å²) in [6, 6.07) is 7.63. The molecule has 2 aromatic rings. The molecule has 0 spiro atoms. The predicted octanol–water partition coefficient (Wildman–Crippen LogP) is 1.99. The summed E-state index contributed by atoms with van der Waals surface area (Å²) in [7, 11) is 5.18. The van der Waals surface area contributed by atoms with Crippen LogP contribution >= 0.6 is 0 Å². The summed E-state index contributed by atoms with van der Waals surface area (Å²) >= 11 is 0. The predicted molar refractivity (Wildman–Crippen MR) is 78.1 cm³/mol. The van der Waals surface area contributed by atoms with Gasteiger partial charge < -0.3 is 15.2 Å². The first-order valence-electron chi connectivity index (χ1n) is 6.52. The van der Waals surface area contributed by atoms with E-state index in [2.05, 4.69) is 5.10 Å². The lowest BCUT2D eigenvalue weighted by atomic mass is 10.0. The van der Waals surface area contributed by atoms with E-state index in [1.54, 1.807) is 14.2 Å². The Morgan fingerprint density at radius 1 is 1.30 bits per heavy atom. The summed E-state index contributed by atoms with van der Waals surface area (Å²) in [4.78, 5) is 0. The normalized spacial score (nSPS) is 12.2. The molecule has 1 atom stereocenters. The molecule has 1 unspecified atom stereocenters. The second-order valence-electron chi connectivity index (χ2n) is 4.79. The minimum absolute atomic E-state index is 0.171. The van der Waals surface area contributed by atoms with E-state index in [1.165, 1.54) is 0 Å². The number of aromatic nitrogens is 2. The van der Waals surface area contributed by atoms with Crippen LogP contribution in [-0.2, 0) is 13.5 Å². The van der Waals surface area contributed by atoms with Gasteiger partial charge in [0.05, 0.1) is 19.9 Å². The van der Waals surface area contributed by atoms with E-state index < -0.39 is 0 Å². The summed E-state index contributed by atoms with van der Waals surface area (Å²) < 4.78 is 12.6. The van der Waals surface area contributed by atoms with E-state index in [0.29, 0.717) is 17.9 Å². The van der Waals surface area contributed by atoms with E-state index in [1.807, 2.05) is 42.9 Å². The van der Waals surface area contributed by atoms with Crippen molar-refractivity contribution in [3.05, 3.63) is 41.2 Å². The van der Waals surface area contributed by atoms with Crippen LogP contribution in [-0.4, -0.2) is 24.0 Å². The molecule has 0 fully saturated rings. The number of aryl methyl sites for hydroxylation is 2. The molecule has 0 radical (unpaired) electrons. The van der Waals surface area contributed by atoms with Crippen molar-refractivity contribution < 1.29 is 9.47 Å². The fourth-order valence-corrected chi connectivity index (χ4v) is 2.39. The Bertz CT molecular complexity index is 593. The zero-order valence-corrected chi connectivity index (χ0v) is 12.4. The largest absolute Gasteiger partial charge is 0.493 e. The molecule has 0 saturated carbocycles. The van der Waals surface area contributed by atoms with Gasteiger partial charge in [0.1, 0.15) is 0 Å². The van der Waals surface area contributed by atoms with Gasteiger partial charge in [-0.15, -0.1) is 0 Å². The molecule has 0 amide bonds. The van der Waals surface area contributed by atoms with Crippen LogP contribution in [0.5, 0.6) is 11.5 Å². The number of hydrogen-bond donors (Lipinski definition) is 1. The van der Waals surface area contributed by atoms with Crippen molar-refractivity contribution in [2.24, 2.45) is 12.8 Å². The quantitative estimate of drug-likeness (QED) is 0.906. The molecule has 2 rings (SSSR count). The fourth-order valence-electron chi connectivity index (χ4n) is 2.39. The van der Waals surface area contributed by atoms with Crippen LogP contribution in [0.3, 0.4) is 0 Å². The number of hydrogen-bond acceptors (Lipinski definition) is 4. The van der Waals surface area contributed by atoms with Crippen LogP contribution in [0.4, 0.5) is 0 Å². The number of nitrogens with zero attached hydrogens (tertiary/aromatic N) is 2.